The molecule has 0 spiro atoms. The summed E-state index contributed by atoms with van der Waals surface area (Å²) in [6, 6.07) is 5.93. The summed E-state index contributed by atoms with van der Waals surface area (Å²) in [4.78, 5) is 8.53. The van der Waals surface area contributed by atoms with Gasteiger partial charge < -0.3 is 14.5 Å². The monoisotopic (exact) mass is 275 g/mol. The molecule has 1 atom stereocenters. The van der Waals surface area contributed by atoms with Crippen molar-refractivity contribution in [3.05, 3.63) is 36.4 Å². The fraction of sp³-hybridized carbons (Fsp3) is 0.467. The Hall–Kier alpha value is -2.04. The lowest BCUT2D eigenvalue weighted by Gasteiger charge is -2.13. The number of aromatic nitrogens is 2. The van der Waals surface area contributed by atoms with Gasteiger partial charge >= 0.3 is 0 Å². The van der Waals surface area contributed by atoms with Crippen LogP contribution < -0.4 is 10.1 Å². The zero-order valence-corrected chi connectivity index (χ0v) is 12.0. The summed E-state index contributed by atoms with van der Waals surface area (Å²) in [5.74, 6) is 2.22. The molecule has 0 saturated carbocycles. The number of hydrogen-bond donors (Lipinski definition) is 1. The van der Waals surface area contributed by atoms with E-state index in [-0.39, 0.29) is 6.04 Å². The quantitative estimate of drug-likeness (QED) is 0.801. The summed E-state index contributed by atoms with van der Waals surface area (Å²) in [5.41, 5.74) is 0. The summed E-state index contributed by atoms with van der Waals surface area (Å²) in [6.45, 7) is 4.84. The molecular weight excluding hydrogens is 254 g/mol. The fourth-order valence-corrected chi connectivity index (χ4v) is 1.80. The van der Waals surface area contributed by atoms with Gasteiger partial charge in [0.1, 0.15) is 5.76 Å². The van der Waals surface area contributed by atoms with Crippen molar-refractivity contribution in [2.75, 3.05) is 11.9 Å². The molecule has 2 rings (SSSR count). The highest BCUT2D eigenvalue weighted by Gasteiger charge is 2.07. The van der Waals surface area contributed by atoms with Crippen LogP contribution in [0.2, 0.25) is 0 Å². The van der Waals surface area contributed by atoms with E-state index in [0.717, 1.165) is 25.0 Å². The van der Waals surface area contributed by atoms with Gasteiger partial charge in [-0.1, -0.05) is 6.92 Å². The fourth-order valence-electron chi connectivity index (χ4n) is 1.80. The first-order valence-electron chi connectivity index (χ1n) is 7.02. The summed E-state index contributed by atoms with van der Waals surface area (Å²) in [5, 5.41) is 3.28. The number of aryl methyl sites for hydroxylation is 1. The highest BCUT2D eigenvalue weighted by molar-refractivity contribution is 5.28. The topological polar surface area (TPSA) is 60.2 Å². The lowest BCUT2D eigenvalue weighted by atomic mass is 10.1. The average Bonchev–Trinajstić information content (AvgIpc) is 2.97. The summed E-state index contributed by atoms with van der Waals surface area (Å²) in [6.07, 6.45) is 6.22. The molecular formula is C15H21N3O2. The van der Waals surface area contributed by atoms with Gasteiger partial charge in [-0.2, -0.15) is 4.98 Å². The summed E-state index contributed by atoms with van der Waals surface area (Å²) >= 11 is 0. The van der Waals surface area contributed by atoms with E-state index < -0.39 is 0 Å². The van der Waals surface area contributed by atoms with E-state index >= 15 is 0 Å². The summed E-state index contributed by atoms with van der Waals surface area (Å²) in [7, 11) is 0. The molecule has 0 aliphatic heterocycles. The third-order valence-corrected chi connectivity index (χ3v) is 2.86. The van der Waals surface area contributed by atoms with Crippen molar-refractivity contribution in [1.29, 1.82) is 0 Å². The first kappa shape index (κ1) is 14.4. The largest absolute Gasteiger partial charge is 0.478 e. The Balaban J connectivity index is 1.82. The molecule has 5 nitrogen and oxygen atoms in total. The molecule has 2 aromatic heterocycles. The van der Waals surface area contributed by atoms with Crippen molar-refractivity contribution in [1.82, 2.24) is 9.97 Å². The van der Waals surface area contributed by atoms with Crippen LogP contribution in [0, 0.1) is 0 Å². The zero-order valence-electron chi connectivity index (χ0n) is 12.0. The summed E-state index contributed by atoms with van der Waals surface area (Å²) < 4.78 is 10.8. The molecule has 108 valence electrons. The van der Waals surface area contributed by atoms with Crippen LogP contribution in [0.5, 0.6) is 5.88 Å². The van der Waals surface area contributed by atoms with Gasteiger partial charge in [-0.25, -0.2) is 4.98 Å². The number of hydrogen-bond acceptors (Lipinski definition) is 5. The number of nitrogens with one attached hydrogen (secondary N) is 1. The molecule has 1 unspecified atom stereocenters. The minimum Gasteiger partial charge on any atom is -0.478 e. The molecule has 0 radical (unpaired) electrons. The molecule has 2 aromatic rings. The molecule has 5 heteroatoms. The minimum atomic E-state index is 0.265. The third kappa shape index (κ3) is 4.57. The van der Waals surface area contributed by atoms with Crippen LogP contribution in [-0.2, 0) is 6.42 Å². The maximum absolute atomic E-state index is 5.49. The van der Waals surface area contributed by atoms with E-state index in [1.54, 1.807) is 18.5 Å². The van der Waals surface area contributed by atoms with Crippen LogP contribution in [0.15, 0.2) is 35.1 Å². The van der Waals surface area contributed by atoms with Crippen molar-refractivity contribution in [3.8, 4) is 5.88 Å². The Labute approximate surface area is 119 Å². The Bertz CT molecular complexity index is 500. The van der Waals surface area contributed by atoms with Crippen molar-refractivity contribution >= 4 is 5.95 Å². The molecule has 0 amide bonds. The van der Waals surface area contributed by atoms with Gasteiger partial charge in [0.25, 0.3) is 0 Å². The number of rotatable bonds is 8. The lowest BCUT2D eigenvalue weighted by Crippen LogP contribution is -2.18. The van der Waals surface area contributed by atoms with Gasteiger partial charge in [0.05, 0.1) is 12.9 Å². The predicted molar refractivity (Wildman–Crippen MR) is 77.9 cm³/mol. The number of furan rings is 1. The van der Waals surface area contributed by atoms with Gasteiger partial charge in [-0.15, -0.1) is 0 Å². The second-order valence-corrected chi connectivity index (χ2v) is 4.73. The Morgan fingerprint density at radius 2 is 2.30 bits per heavy atom. The van der Waals surface area contributed by atoms with E-state index in [4.69, 9.17) is 9.15 Å². The predicted octanol–water partition coefficient (Wildman–Crippen LogP) is 3.29. The van der Waals surface area contributed by atoms with E-state index in [2.05, 4.69) is 29.1 Å². The molecule has 0 aromatic carbocycles. The molecule has 0 saturated heterocycles. The molecule has 0 aliphatic carbocycles. The normalized spacial score (nSPS) is 12.1. The van der Waals surface area contributed by atoms with Crippen molar-refractivity contribution in [2.45, 2.75) is 39.2 Å². The van der Waals surface area contributed by atoms with Crippen molar-refractivity contribution in [2.24, 2.45) is 0 Å². The van der Waals surface area contributed by atoms with Gasteiger partial charge in [0.15, 0.2) is 0 Å². The number of anilines is 1. The first-order chi connectivity index (χ1) is 9.78. The van der Waals surface area contributed by atoms with Crippen LogP contribution in [0.4, 0.5) is 5.95 Å². The minimum absolute atomic E-state index is 0.265. The maximum atomic E-state index is 5.49. The number of nitrogens with zero attached hydrogens (tertiary/aromatic N) is 2. The zero-order chi connectivity index (χ0) is 14.2. The van der Waals surface area contributed by atoms with E-state index in [0.29, 0.717) is 18.4 Å². The Morgan fingerprint density at radius 1 is 1.40 bits per heavy atom. The third-order valence-electron chi connectivity index (χ3n) is 2.86. The second kappa shape index (κ2) is 7.53. The molecule has 0 aliphatic rings. The van der Waals surface area contributed by atoms with E-state index in [1.807, 2.05) is 12.1 Å². The van der Waals surface area contributed by atoms with E-state index in [1.165, 1.54) is 0 Å². The van der Waals surface area contributed by atoms with E-state index in [9.17, 15) is 0 Å². The number of ether oxygens (including phenoxy) is 1. The molecule has 20 heavy (non-hydrogen) atoms. The van der Waals surface area contributed by atoms with Crippen molar-refractivity contribution in [3.63, 3.8) is 0 Å². The average molecular weight is 275 g/mol. The van der Waals surface area contributed by atoms with Gasteiger partial charge in [0.2, 0.25) is 11.8 Å². The standard InChI is InChI=1S/C15H21N3O2/c1-3-10-20-14-8-9-16-15(18-14)17-12(2)6-7-13-5-4-11-19-13/h4-5,8-9,11-12H,3,6-7,10H2,1-2H3,(H,16,17,18). The van der Waals surface area contributed by atoms with Crippen molar-refractivity contribution < 1.29 is 9.15 Å². The molecule has 0 bridgehead atoms. The first-order valence-corrected chi connectivity index (χ1v) is 7.02. The van der Waals surface area contributed by atoms with Crippen LogP contribution in [0.25, 0.3) is 0 Å². The molecule has 0 fully saturated rings. The van der Waals surface area contributed by atoms with Crippen LogP contribution in [0.1, 0.15) is 32.4 Å². The van der Waals surface area contributed by atoms with Gasteiger partial charge in [-0.3, -0.25) is 0 Å². The lowest BCUT2D eigenvalue weighted by molar-refractivity contribution is 0.305. The SMILES string of the molecule is CCCOc1ccnc(NC(C)CCc2ccco2)n1. The molecule has 1 N–H and O–H groups in total. The van der Waals surface area contributed by atoms with Gasteiger partial charge in [-0.05, 0) is 31.9 Å². The molecule has 2 heterocycles. The smallest absolute Gasteiger partial charge is 0.226 e. The Kier molecular flexibility index (Phi) is 5.41. The van der Waals surface area contributed by atoms with Crippen LogP contribution in [-0.4, -0.2) is 22.6 Å². The second-order valence-electron chi connectivity index (χ2n) is 4.73. The highest BCUT2D eigenvalue weighted by atomic mass is 16.5. The van der Waals surface area contributed by atoms with Gasteiger partial charge in [0, 0.05) is 24.7 Å². The maximum Gasteiger partial charge on any atom is 0.226 e. The van der Waals surface area contributed by atoms with Crippen LogP contribution >= 0.6 is 0 Å². The highest BCUT2D eigenvalue weighted by Crippen LogP contribution is 2.12. The Morgan fingerprint density at radius 3 is 3.05 bits per heavy atom. The van der Waals surface area contributed by atoms with Crippen LogP contribution in [0.3, 0.4) is 0 Å².